The van der Waals surface area contributed by atoms with Gasteiger partial charge in [-0.15, -0.1) is 0 Å². The van der Waals surface area contributed by atoms with E-state index in [1.807, 2.05) is 50.2 Å². The number of benzene rings is 2. The number of rotatable bonds is 7. The second-order valence-electron chi connectivity index (χ2n) is 11.9. The SMILES string of the molecule is CC(C)CC(C(=O)O)N(C(=O)OCC1c2ccccc2-c2ccccc21)[C@H]1CCCN(C(=O)OC(C)(C)C)C1. The van der Waals surface area contributed by atoms with E-state index in [1.165, 1.54) is 4.90 Å². The molecule has 4 rings (SSSR count). The number of piperidine rings is 1. The molecule has 210 valence electrons. The number of amides is 2. The fourth-order valence-corrected chi connectivity index (χ4v) is 5.65. The molecule has 1 aliphatic carbocycles. The predicted molar refractivity (Wildman–Crippen MR) is 149 cm³/mol. The van der Waals surface area contributed by atoms with Crippen molar-refractivity contribution >= 4 is 18.2 Å². The number of ether oxygens (including phenoxy) is 2. The van der Waals surface area contributed by atoms with Crippen LogP contribution in [-0.2, 0) is 14.3 Å². The Hall–Kier alpha value is -3.55. The Labute approximate surface area is 230 Å². The lowest BCUT2D eigenvalue weighted by atomic mass is 9.97. The zero-order valence-corrected chi connectivity index (χ0v) is 23.6. The van der Waals surface area contributed by atoms with Gasteiger partial charge in [0.25, 0.3) is 0 Å². The summed E-state index contributed by atoms with van der Waals surface area (Å²) in [6.07, 6.45) is 0.357. The minimum atomic E-state index is -1.08. The molecule has 1 aliphatic heterocycles. The van der Waals surface area contributed by atoms with Gasteiger partial charge in [0.05, 0.1) is 6.04 Å². The highest BCUT2D eigenvalue weighted by Gasteiger charge is 2.41. The van der Waals surface area contributed by atoms with E-state index < -0.39 is 35.8 Å². The molecule has 1 saturated heterocycles. The highest BCUT2D eigenvalue weighted by Crippen LogP contribution is 2.44. The van der Waals surface area contributed by atoms with Crippen LogP contribution in [0.3, 0.4) is 0 Å². The molecular formula is C31H40N2O6. The molecule has 2 aromatic rings. The van der Waals surface area contributed by atoms with Crippen LogP contribution in [0.5, 0.6) is 0 Å². The van der Waals surface area contributed by atoms with Crippen LogP contribution >= 0.6 is 0 Å². The summed E-state index contributed by atoms with van der Waals surface area (Å²) >= 11 is 0. The Kier molecular flexibility index (Phi) is 8.52. The maximum Gasteiger partial charge on any atom is 0.410 e. The van der Waals surface area contributed by atoms with Gasteiger partial charge in [0.15, 0.2) is 0 Å². The van der Waals surface area contributed by atoms with Crippen molar-refractivity contribution < 1.29 is 29.0 Å². The zero-order valence-electron chi connectivity index (χ0n) is 23.6. The molecule has 1 N–H and O–H groups in total. The minimum absolute atomic E-state index is 0.0422. The number of hydrogen-bond acceptors (Lipinski definition) is 5. The van der Waals surface area contributed by atoms with Gasteiger partial charge in [0.2, 0.25) is 0 Å². The number of likely N-dealkylation sites (tertiary alicyclic amines) is 1. The van der Waals surface area contributed by atoms with Crippen molar-refractivity contribution in [3.05, 3.63) is 59.7 Å². The Bertz CT molecular complexity index is 1160. The maximum absolute atomic E-state index is 13.8. The molecule has 1 heterocycles. The first-order valence-corrected chi connectivity index (χ1v) is 13.8. The number of hydrogen-bond donors (Lipinski definition) is 1. The van der Waals surface area contributed by atoms with E-state index in [-0.39, 0.29) is 31.4 Å². The Morgan fingerprint density at radius 2 is 1.62 bits per heavy atom. The average molecular weight is 537 g/mol. The van der Waals surface area contributed by atoms with Gasteiger partial charge in [-0.05, 0) is 68.2 Å². The highest BCUT2D eigenvalue weighted by molar-refractivity contribution is 5.81. The lowest BCUT2D eigenvalue weighted by Crippen LogP contribution is -2.57. The first kappa shape index (κ1) is 28.5. The van der Waals surface area contributed by atoms with E-state index in [2.05, 4.69) is 12.1 Å². The second-order valence-corrected chi connectivity index (χ2v) is 11.9. The van der Waals surface area contributed by atoms with Gasteiger partial charge in [-0.2, -0.15) is 0 Å². The van der Waals surface area contributed by atoms with Crippen molar-refractivity contribution in [1.82, 2.24) is 9.80 Å². The number of carboxylic acid groups (broad SMARTS) is 1. The van der Waals surface area contributed by atoms with Crippen LogP contribution in [0.4, 0.5) is 9.59 Å². The first-order chi connectivity index (χ1) is 18.5. The Morgan fingerprint density at radius 1 is 1.03 bits per heavy atom. The van der Waals surface area contributed by atoms with Crippen molar-refractivity contribution in [3.63, 3.8) is 0 Å². The van der Waals surface area contributed by atoms with E-state index in [0.29, 0.717) is 19.4 Å². The molecule has 1 fully saturated rings. The molecule has 2 aliphatic rings. The zero-order chi connectivity index (χ0) is 28.3. The van der Waals surface area contributed by atoms with Crippen LogP contribution in [0.15, 0.2) is 48.5 Å². The minimum Gasteiger partial charge on any atom is -0.480 e. The Morgan fingerprint density at radius 3 is 2.15 bits per heavy atom. The topological polar surface area (TPSA) is 96.4 Å². The van der Waals surface area contributed by atoms with E-state index in [0.717, 1.165) is 22.3 Å². The van der Waals surface area contributed by atoms with Gasteiger partial charge in [-0.1, -0.05) is 62.4 Å². The summed E-state index contributed by atoms with van der Waals surface area (Å²) in [7, 11) is 0. The van der Waals surface area contributed by atoms with Crippen LogP contribution < -0.4 is 0 Å². The largest absolute Gasteiger partial charge is 0.480 e. The maximum atomic E-state index is 13.8. The van der Waals surface area contributed by atoms with Crippen molar-refractivity contribution in [1.29, 1.82) is 0 Å². The van der Waals surface area contributed by atoms with Crippen molar-refractivity contribution in [2.45, 2.75) is 77.5 Å². The fraction of sp³-hybridized carbons (Fsp3) is 0.516. The summed E-state index contributed by atoms with van der Waals surface area (Å²) in [6, 6.07) is 14.6. The number of aliphatic carboxylic acids is 1. The lowest BCUT2D eigenvalue weighted by Gasteiger charge is -2.41. The van der Waals surface area contributed by atoms with Crippen molar-refractivity contribution in [3.8, 4) is 11.1 Å². The van der Waals surface area contributed by atoms with E-state index in [4.69, 9.17) is 9.47 Å². The van der Waals surface area contributed by atoms with Crippen LogP contribution in [0, 0.1) is 5.92 Å². The third-order valence-electron chi connectivity index (χ3n) is 7.30. The van der Waals surface area contributed by atoms with Gasteiger partial charge >= 0.3 is 18.2 Å². The molecule has 2 aromatic carbocycles. The number of nitrogens with zero attached hydrogens (tertiary/aromatic N) is 2. The Balaban J connectivity index is 1.57. The molecule has 0 aromatic heterocycles. The van der Waals surface area contributed by atoms with Gasteiger partial charge < -0.3 is 19.5 Å². The summed E-state index contributed by atoms with van der Waals surface area (Å²) in [5.74, 6) is -1.17. The van der Waals surface area contributed by atoms with Gasteiger partial charge in [-0.3, -0.25) is 4.90 Å². The molecule has 0 spiro atoms. The standard InChI is InChI=1S/C31H40N2O6/c1-20(2)17-27(28(34)35)33(21-11-10-16-32(18-21)29(36)39-31(3,4)5)30(37)38-19-26-24-14-8-6-12-22(24)23-13-7-9-15-25(23)26/h6-9,12-15,20-21,26-27H,10-11,16-19H2,1-5H3,(H,34,35)/t21-,27?/m0/s1. The summed E-state index contributed by atoms with van der Waals surface area (Å²) in [6.45, 7) is 10.1. The van der Waals surface area contributed by atoms with Crippen LogP contribution in [-0.4, -0.2) is 70.4 Å². The van der Waals surface area contributed by atoms with Gasteiger partial charge in [-0.25, -0.2) is 14.4 Å². The van der Waals surface area contributed by atoms with E-state index in [1.54, 1.807) is 25.7 Å². The summed E-state index contributed by atoms with van der Waals surface area (Å²) in [4.78, 5) is 42.0. The molecule has 8 nitrogen and oxygen atoms in total. The molecule has 0 saturated carbocycles. The monoisotopic (exact) mass is 536 g/mol. The number of carbonyl (C=O) groups is 3. The number of carbonyl (C=O) groups excluding carboxylic acids is 2. The molecule has 2 atom stereocenters. The molecule has 0 radical (unpaired) electrons. The predicted octanol–water partition coefficient (Wildman–Crippen LogP) is 6.14. The van der Waals surface area contributed by atoms with Crippen LogP contribution in [0.1, 0.15) is 70.9 Å². The molecular weight excluding hydrogens is 496 g/mol. The molecule has 0 bridgehead atoms. The normalized spacial score (nSPS) is 17.8. The first-order valence-electron chi connectivity index (χ1n) is 13.8. The molecule has 1 unspecified atom stereocenters. The smallest absolute Gasteiger partial charge is 0.410 e. The fourth-order valence-electron chi connectivity index (χ4n) is 5.65. The quantitative estimate of drug-likeness (QED) is 0.457. The average Bonchev–Trinajstić information content (AvgIpc) is 3.19. The number of fused-ring (bicyclic) bond motifs is 3. The lowest BCUT2D eigenvalue weighted by molar-refractivity contribution is -0.144. The van der Waals surface area contributed by atoms with Gasteiger partial charge in [0.1, 0.15) is 18.2 Å². The number of carboxylic acids is 1. The van der Waals surface area contributed by atoms with E-state index >= 15 is 0 Å². The van der Waals surface area contributed by atoms with Gasteiger partial charge in [0, 0.05) is 19.0 Å². The molecule has 39 heavy (non-hydrogen) atoms. The summed E-state index contributed by atoms with van der Waals surface area (Å²) in [5.41, 5.74) is 3.76. The third-order valence-corrected chi connectivity index (χ3v) is 7.30. The van der Waals surface area contributed by atoms with Crippen molar-refractivity contribution in [2.24, 2.45) is 5.92 Å². The van der Waals surface area contributed by atoms with Crippen LogP contribution in [0.2, 0.25) is 0 Å². The van der Waals surface area contributed by atoms with Crippen LogP contribution in [0.25, 0.3) is 11.1 Å². The second kappa shape index (κ2) is 11.7. The van der Waals surface area contributed by atoms with E-state index in [9.17, 15) is 19.5 Å². The van der Waals surface area contributed by atoms with Crippen molar-refractivity contribution in [2.75, 3.05) is 19.7 Å². The summed E-state index contributed by atoms with van der Waals surface area (Å²) < 4.78 is 11.5. The third kappa shape index (κ3) is 6.54. The summed E-state index contributed by atoms with van der Waals surface area (Å²) in [5, 5.41) is 10.2. The molecule has 2 amide bonds. The highest BCUT2D eigenvalue weighted by atomic mass is 16.6. The molecule has 8 heteroatoms.